The fourth-order valence-electron chi connectivity index (χ4n) is 2.81. The quantitative estimate of drug-likeness (QED) is 0.345. The van der Waals surface area contributed by atoms with Crippen molar-refractivity contribution in [3.8, 4) is 17.2 Å². The van der Waals surface area contributed by atoms with E-state index in [1.54, 1.807) is 24.3 Å². The molecule has 0 aliphatic heterocycles. The van der Waals surface area contributed by atoms with Gasteiger partial charge in [-0.2, -0.15) is 0 Å². The van der Waals surface area contributed by atoms with Crippen molar-refractivity contribution >= 4 is 29.7 Å². The average molecular weight is 442 g/mol. The molecule has 0 spiro atoms. The van der Waals surface area contributed by atoms with Crippen molar-refractivity contribution in [2.75, 3.05) is 0 Å². The van der Waals surface area contributed by atoms with Crippen LogP contribution in [0.25, 0.3) is 0 Å². The summed E-state index contributed by atoms with van der Waals surface area (Å²) in [5.41, 5.74) is 0.602. The van der Waals surface area contributed by atoms with Crippen molar-refractivity contribution in [1.29, 1.82) is 0 Å². The van der Waals surface area contributed by atoms with E-state index in [1.165, 1.54) is 39.0 Å². The zero-order chi connectivity index (χ0) is 23.8. The molecule has 9 nitrogen and oxygen atoms in total. The van der Waals surface area contributed by atoms with Gasteiger partial charge in [-0.25, -0.2) is 0 Å². The number of carbonyl (C=O) groups is 5. The summed E-state index contributed by atoms with van der Waals surface area (Å²) in [6, 6.07) is 10.3. The number of hydrogen-bond acceptors (Lipinski definition) is 9. The average Bonchev–Trinajstić information content (AvgIpc) is 2.67. The third kappa shape index (κ3) is 7.35. The molecule has 0 radical (unpaired) electrons. The third-order valence-corrected chi connectivity index (χ3v) is 3.94. The molecule has 0 heterocycles. The number of carbonyl (C=O) groups excluding carboxylic acids is 5. The Bertz CT molecular complexity index is 1040. The number of esters is 4. The van der Waals surface area contributed by atoms with E-state index >= 15 is 0 Å². The van der Waals surface area contributed by atoms with Crippen LogP contribution in [0.4, 0.5) is 0 Å². The second-order valence-corrected chi connectivity index (χ2v) is 6.75. The lowest BCUT2D eigenvalue weighted by atomic mass is 9.98. The Morgan fingerprint density at radius 1 is 0.688 bits per heavy atom. The van der Waals surface area contributed by atoms with E-state index in [2.05, 4.69) is 0 Å². The molecule has 0 fully saturated rings. The summed E-state index contributed by atoms with van der Waals surface area (Å²) in [5, 5.41) is 0. The SMILES string of the molecule is CC(=O)Oc1ccc(CC(OC(C)=O)C(=O)c2ccc(OC(C)=O)cc2OC(C)=O)cc1. The van der Waals surface area contributed by atoms with Gasteiger partial charge in [0.25, 0.3) is 0 Å². The largest absolute Gasteiger partial charge is 0.454 e. The van der Waals surface area contributed by atoms with E-state index in [4.69, 9.17) is 18.9 Å². The Balaban J connectivity index is 2.35. The van der Waals surface area contributed by atoms with Crippen molar-refractivity contribution in [1.82, 2.24) is 0 Å². The molecule has 0 saturated heterocycles. The minimum atomic E-state index is -1.22. The van der Waals surface area contributed by atoms with E-state index in [9.17, 15) is 24.0 Å². The van der Waals surface area contributed by atoms with Crippen LogP contribution in [0.3, 0.4) is 0 Å². The summed E-state index contributed by atoms with van der Waals surface area (Å²) in [7, 11) is 0. The Morgan fingerprint density at radius 2 is 1.22 bits per heavy atom. The molecule has 2 aromatic rings. The maximum atomic E-state index is 13.2. The number of rotatable bonds is 8. The molecule has 0 aliphatic carbocycles. The molecule has 0 amide bonds. The number of hydrogen-bond donors (Lipinski definition) is 0. The standard InChI is InChI=1S/C23H22O9/c1-13(24)29-18-7-5-17(6-8-18)11-22(32-16(4)27)23(28)20-10-9-19(30-14(2)25)12-21(20)31-15(3)26/h5-10,12,22H,11H2,1-4H3. The molecule has 0 saturated carbocycles. The lowest BCUT2D eigenvalue weighted by Gasteiger charge is -2.18. The van der Waals surface area contributed by atoms with E-state index in [1.807, 2.05) is 0 Å². The zero-order valence-corrected chi connectivity index (χ0v) is 18.0. The number of Topliss-reactive ketones (excluding diaryl/α,β-unsaturated/α-hetero) is 1. The molecule has 9 heteroatoms. The summed E-state index contributed by atoms with van der Waals surface area (Å²) in [5.74, 6) is -2.77. The van der Waals surface area contributed by atoms with Crippen LogP contribution in [0.1, 0.15) is 43.6 Å². The maximum absolute atomic E-state index is 13.2. The molecule has 168 valence electrons. The number of benzene rings is 2. The van der Waals surface area contributed by atoms with Gasteiger partial charge < -0.3 is 18.9 Å². The summed E-state index contributed by atoms with van der Waals surface area (Å²) in [6.45, 7) is 4.80. The highest BCUT2D eigenvalue weighted by Gasteiger charge is 2.27. The maximum Gasteiger partial charge on any atom is 0.308 e. The van der Waals surface area contributed by atoms with E-state index in [-0.39, 0.29) is 23.5 Å². The van der Waals surface area contributed by atoms with Crippen LogP contribution in [0, 0.1) is 0 Å². The molecular weight excluding hydrogens is 420 g/mol. The van der Waals surface area contributed by atoms with Gasteiger partial charge in [0.15, 0.2) is 6.10 Å². The highest BCUT2D eigenvalue weighted by atomic mass is 16.6. The first-order valence-corrected chi connectivity index (χ1v) is 9.55. The molecule has 1 atom stereocenters. The molecule has 0 bridgehead atoms. The molecule has 1 unspecified atom stereocenters. The van der Waals surface area contributed by atoms with Gasteiger partial charge in [0, 0.05) is 40.2 Å². The molecule has 0 N–H and O–H groups in total. The van der Waals surface area contributed by atoms with Gasteiger partial charge in [-0.3, -0.25) is 24.0 Å². The fourth-order valence-corrected chi connectivity index (χ4v) is 2.81. The highest BCUT2D eigenvalue weighted by Crippen LogP contribution is 2.28. The first-order chi connectivity index (χ1) is 15.0. The topological polar surface area (TPSA) is 122 Å². The van der Waals surface area contributed by atoms with Crippen LogP contribution >= 0.6 is 0 Å². The summed E-state index contributed by atoms with van der Waals surface area (Å²) in [4.78, 5) is 58.6. The predicted molar refractivity (Wildman–Crippen MR) is 110 cm³/mol. The number of ether oxygens (including phenoxy) is 4. The van der Waals surface area contributed by atoms with Crippen molar-refractivity contribution in [3.63, 3.8) is 0 Å². The zero-order valence-electron chi connectivity index (χ0n) is 18.0. The van der Waals surface area contributed by atoms with Gasteiger partial charge in [0.05, 0.1) is 5.56 Å². The number of ketones is 1. The van der Waals surface area contributed by atoms with Crippen molar-refractivity contribution in [2.24, 2.45) is 0 Å². The van der Waals surface area contributed by atoms with Crippen LogP contribution in [0.2, 0.25) is 0 Å². The minimum absolute atomic E-state index is 0.0178. The van der Waals surface area contributed by atoms with E-state index < -0.39 is 35.8 Å². The first-order valence-electron chi connectivity index (χ1n) is 9.55. The highest BCUT2D eigenvalue weighted by molar-refractivity contribution is 6.03. The van der Waals surface area contributed by atoms with Gasteiger partial charge in [0.2, 0.25) is 5.78 Å². The second-order valence-electron chi connectivity index (χ2n) is 6.75. The van der Waals surface area contributed by atoms with Crippen LogP contribution in [-0.4, -0.2) is 35.8 Å². The van der Waals surface area contributed by atoms with Gasteiger partial charge in [-0.1, -0.05) is 12.1 Å². The Labute approximate surface area is 184 Å². The van der Waals surface area contributed by atoms with Gasteiger partial charge in [-0.05, 0) is 29.8 Å². The molecule has 0 aliphatic rings. The summed E-state index contributed by atoms with van der Waals surface area (Å²) >= 11 is 0. The Kier molecular flexibility index (Phi) is 8.23. The normalized spacial score (nSPS) is 11.1. The van der Waals surface area contributed by atoms with Gasteiger partial charge >= 0.3 is 23.9 Å². The monoisotopic (exact) mass is 442 g/mol. The third-order valence-electron chi connectivity index (χ3n) is 3.94. The predicted octanol–water partition coefficient (Wildman–Crippen LogP) is 2.82. The van der Waals surface area contributed by atoms with E-state index in [0.29, 0.717) is 11.3 Å². The smallest absolute Gasteiger partial charge is 0.308 e. The van der Waals surface area contributed by atoms with Gasteiger partial charge in [-0.15, -0.1) is 0 Å². The fraction of sp³-hybridized carbons (Fsp3) is 0.261. The molecule has 2 rings (SSSR count). The summed E-state index contributed by atoms with van der Waals surface area (Å²) < 4.78 is 20.3. The lowest BCUT2D eigenvalue weighted by Crippen LogP contribution is -2.29. The van der Waals surface area contributed by atoms with Crippen molar-refractivity contribution < 1.29 is 42.9 Å². The summed E-state index contributed by atoms with van der Waals surface area (Å²) in [6.07, 6.45) is -1.20. The second kappa shape index (κ2) is 10.9. The van der Waals surface area contributed by atoms with Crippen molar-refractivity contribution in [3.05, 3.63) is 53.6 Å². The van der Waals surface area contributed by atoms with Crippen LogP contribution in [-0.2, 0) is 30.3 Å². The Morgan fingerprint density at radius 3 is 1.75 bits per heavy atom. The molecule has 32 heavy (non-hydrogen) atoms. The van der Waals surface area contributed by atoms with Crippen LogP contribution in [0.15, 0.2) is 42.5 Å². The lowest BCUT2D eigenvalue weighted by molar-refractivity contribution is -0.144. The molecule has 2 aromatic carbocycles. The van der Waals surface area contributed by atoms with Crippen LogP contribution < -0.4 is 14.2 Å². The minimum Gasteiger partial charge on any atom is -0.454 e. The molecular formula is C23H22O9. The first kappa shape index (κ1) is 24.3. The van der Waals surface area contributed by atoms with Crippen molar-refractivity contribution in [2.45, 2.75) is 40.2 Å². The molecule has 0 aromatic heterocycles. The van der Waals surface area contributed by atoms with Crippen LogP contribution in [0.5, 0.6) is 17.2 Å². The Hall–Kier alpha value is -4.01. The van der Waals surface area contributed by atoms with E-state index in [0.717, 1.165) is 6.92 Å². The van der Waals surface area contributed by atoms with Gasteiger partial charge in [0.1, 0.15) is 17.2 Å².